The lowest BCUT2D eigenvalue weighted by Crippen LogP contribution is -2.49. The van der Waals surface area contributed by atoms with Gasteiger partial charge in [-0.3, -0.25) is 25.0 Å². The van der Waals surface area contributed by atoms with Gasteiger partial charge in [-0.2, -0.15) is 0 Å². The van der Waals surface area contributed by atoms with Crippen molar-refractivity contribution in [1.29, 1.82) is 0 Å². The predicted molar refractivity (Wildman–Crippen MR) is 116 cm³/mol. The molecule has 2 aromatic rings. The van der Waals surface area contributed by atoms with E-state index in [9.17, 15) is 29.8 Å². The molecule has 0 aliphatic carbocycles. The minimum atomic E-state index is -0.795. The summed E-state index contributed by atoms with van der Waals surface area (Å²) in [5, 5.41) is 26.9. The average Bonchev–Trinajstić information content (AvgIpc) is 2.78. The lowest BCUT2D eigenvalue weighted by Gasteiger charge is -2.19. The smallest absolute Gasteiger partial charge is 0.269 e. The fourth-order valence-corrected chi connectivity index (χ4v) is 2.74. The predicted octanol–water partition coefficient (Wildman–Crippen LogP) is 2.59. The van der Waals surface area contributed by atoms with Gasteiger partial charge in [-0.05, 0) is 31.0 Å². The summed E-state index contributed by atoms with van der Waals surface area (Å²) in [6.07, 6.45) is 1.09. The van der Waals surface area contributed by atoms with Crippen LogP contribution in [0, 0.1) is 20.2 Å². The second-order valence-electron chi connectivity index (χ2n) is 6.35. The van der Waals surface area contributed by atoms with Crippen LogP contribution in [0.25, 0.3) is 0 Å². The number of non-ortho nitro benzene ring substituents is 2. The Kier molecular flexibility index (Phi) is 10.5. The number of amides is 1. The molecule has 2 atom stereocenters. The van der Waals surface area contributed by atoms with E-state index < -0.39 is 27.8 Å². The quantitative estimate of drug-likeness (QED) is 0.335. The molecule has 1 amide bonds. The number of likely N-dealkylation sites (N-methyl/N-ethyl adjacent to an activating group) is 1. The first-order chi connectivity index (χ1) is 14.8. The highest BCUT2D eigenvalue weighted by Crippen LogP contribution is 2.14. The fraction of sp³-hybridized carbons (Fsp3) is 0.333. The van der Waals surface area contributed by atoms with Gasteiger partial charge in [0.2, 0.25) is 5.91 Å². The zero-order chi connectivity index (χ0) is 23.4. The molecule has 0 aliphatic heterocycles. The largest absolute Gasteiger partial charge is 0.345 e. The third-order valence-electron chi connectivity index (χ3n) is 4.35. The van der Waals surface area contributed by atoms with E-state index in [1.165, 1.54) is 36.4 Å². The maximum absolute atomic E-state index is 12.5. The van der Waals surface area contributed by atoms with Crippen molar-refractivity contribution < 1.29 is 19.4 Å². The highest BCUT2D eigenvalue weighted by Gasteiger charge is 2.21. The normalized spacial score (nSPS) is 12.0. The molecule has 10 heteroatoms. The van der Waals surface area contributed by atoms with Crippen molar-refractivity contribution in [2.75, 3.05) is 7.05 Å². The standard InChI is InChI=1S/C19H20N4O6.C2H6/c1-20-18(11-14-4-8-17(9-5-14)23(28)29)19(25)21-15(12-24)10-13-2-6-16(7-3-13)22(26)27;1-2/h2-9,12,15,18,20H,10-11H2,1H3,(H,21,25);1-2H3. The second kappa shape index (κ2) is 12.8. The Morgan fingerprint density at radius 3 is 1.68 bits per heavy atom. The first kappa shape index (κ1) is 25.4. The van der Waals surface area contributed by atoms with Crippen molar-refractivity contribution in [1.82, 2.24) is 10.6 Å². The van der Waals surface area contributed by atoms with Crippen LogP contribution in [0.1, 0.15) is 25.0 Å². The van der Waals surface area contributed by atoms with Gasteiger partial charge in [0, 0.05) is 24.3 Å². The van der Waals surface area contributed by atoms with Crippen molar-refractivity contribution in [2.45, 2.75) is 38.8 Å². The lowest BCUT2D eigenvalue weighted by atomic mass is 10.0. The number of benzene rings is 2. The van der Waals surface area contributed by atoms with Gasteiger partial charge in [-0.1, -0.05) is 38.1 Å². The summed E-state index contributed by atoms with van der Waals surface area (Å²) in [5.74, 6) is -0.398. The molecule has 2 N–H and O–H groups in total. The third-order valence-corrected chi connectivity index (χ3v) is 4.35. The molecular weight excluding hydrogens is 404 g/mol. The van der Waals surface area contributed by atoms with E-state index in [4.69, 9.17) is 0 Å². The Balaban J connectivity index is 0.00000233. The van der Waals surface area contributed by atoms with E-state index in [1.54, 1.807) is 19.2 Å². The van der Waals surface area contributed by atoms with E-state index in [0.717, 1.165) is 5.56 Å². The molecule has 2 rings (SSSR count). The number of nitro groups is 2. The average molecular weight is 430 g/mol. The molecule has 0 radical (unpaired) electrons. The van der Waals surface area contributed by atoms with Crippen LogP contribution < -0.4 is 10.6 Å². The molecule has 0 heterocycles. The fourth-order valence-electron chi connectivity index (χ4n) is 2.74. The minimum Gasteiger partial charge on any atom is -0.345 e. The highest BCUT2D eigenvalue weighted by molar-refractivity contribution is 5.84. The van der Waals surface area contributed by atoms with E-state index in [-0.39, 0.29) is 24.2 Å². The minimum absolute atomic E-state index is 0.0386. The number of nitrogens with one attached hydrogen (secondary N) is 2. The van der Waals surface area contributed by atoms with Gasteiger partial charge in [0.15, 0.2) is 0 Å². The van der Waals surface area contributed by atoms with Crippen molar-refractivity contribution in [2.24, 2.45) is 0 Å². The molecule has 0 saturated carbocycles. The number of rotatable bonds is 10. The summed E-state index contributed by atoms with van der Waals surface area (Å²) in [6, 6.07) is 10.2. The molecule has 10 nitrogen and oxygen atoms in total. The van der Waals surface area contributed by atoms with Crippen molar-refractivity contribution in [3.8, 4) is 0 Å². The summed E-state index contributed by atoms with van der Waals surface area (Å²) in [5.41, 5.74) is 1.30. The lowest BCUT2D eigenvalue weighted by molar-refractivity contribution is -0.385. The number of hydrogen-bond acceptors (Lipinski definition) is 7. The molecule has 2 aromatic carbocycles. The Labute approximate surface area is 180 Å². The Morgan fingerprint density at radius 1 is 0.903 bits per heavy atom. The Morgan fingerprint density at radius 2 is 1.32 bits per heavy atom. The summed E-state index contributed by atoms with van der Waals surface area (Å²) in [6.45, 7) is 4.00. The summed E-state index contributed by atoms with van der Waals surface area (Å²) < 4.78 is 0. The molecule has 0 spiro atoms. The summed E-state index contributed by atoms with van der Waals surface area (Å²) in [7, 11) is 1.60. The number of aldehydes is 1. The van der Waals surface area contributed by atoms with Gasteiger partial charge in [0.1, 0.15) is 6.29 Å². The molecule has 31 heavy (non-hydrogen) atoms. The summed E-state index contributed by atoms with van der Waals surface area (Å²) >= 11 is 0. The first-order valence-electron chi connectivity index (χ1n) is 9.73. The van der Waals surface area contributed by atoms with Crippen LogP contribution in [0.5, 0.6) is 0 Å². The van der Waals surface area contributed by atoms with Gasteiger partial charge in [0.05, 0.1) is 21.9 Å². The zero-order valence-electron chi connectivity index (χ0n) is 17.6. The maximum Gasteiger partial charge on any atom is 0.269 e. The first-order valence-corrected chi connectivity index (χ1v) is 9.73. The van der Waals surface area contributed by atoms with E-state index in [1.807, 2.05) is 13.8 Å². The Hall–Kier alpha value is -3.66. The molecule has 166 valence electrons. The van der Waals surface area contributed by atoms with E-state index in [0.29, 0.717) is 11.8 Å². The maximum atomic E-state index is 12.5. The van der Waals surface area contributed by atoms with Crippen LogP contribution in [0.15, 0.2) is 48.5 Å². The highest BCUT2D eigenvalue weighted by atomic mass is 16.6. The zero-order valence-corrected chi connectivity index (χ0v) is 17.6. The molecule has 2 unspecified atom stereocenters. The molecule has 0 fully saturated rings. The van der Waals surface area contributed by atoms with Gasteiger partial charge >= 0.3 is 0 Å². The van der Waals surface area contributed by atoms with Gasteiger partial charge in [-0.25, -0.2) is 0 Å². The molecule has 0 saturated heterocycles. The van der Waals surface area contributed by atoms with Crippen LogP contribution in [0.2, 0.25) is 0 Å². The number of nitrogens with zero attached hydrogens (tertiary/aromatic N) is 2. The van der Waals surface area contributed by atoms with Gasteiger partial charge in [0.25, 0.3) is 11.4 Å². The molecule has 0 bridgehead atoms. The number of carbonyl (C=O) groups excluding carboxylic acids is 2. The van der Waals surface area contributed by atoms with Crippen LogP contribution in [-0.4, -0.2) is 41.2 Å². The van der Waals surface area contributed by atoms with E-state index >= 15 is 0 Å². The number of nitro benzene ring substituents is 2. The Bertz CT molecular complexity index is 884. The van der Waals surface area contributed by atoms with Gasteiger partial charge < -0.3 is 15.4 Å². The number of carbonyl (C=O) groups is 2. The number of hydrogen-bond donors (Lipinski definition) is 2. The van der Waals surface area contributed by atoms with Gasteiger partial charge in [-0.15, -0.1) is 0 Å². The van der Waals surface area contributed by atoms with Crippen LogP contribution in [-0.2, 0) is 22.4 Å². The van der Waals surface area contributed by atoms with Crippen LogP contribution >= 0.6 is 0 Å². The SMILES string of the molecule is CC.CNC(Cc1ccc([N+](=O)[O-])cc1)C(=O)NC(C=O)Cc1ccc([N+](=O)[O-])cc1. The van der Waals surface area contributed by atoms with Crippen molar-refractivity contribution in [3.05, 3.63) is 79.9 Å². The third kappa shape index (κ3) is 7.94. The van der Waals surface area contributed by atoms with E-state index in [2.05, 4.69) is 10.6 Å². The second-order valence-corrected chi connectivity index (χ2v) is 6.35. The summed E-state index contributed by atoms with van der Waals surface area (Å²) in [4.78, 5) is 44.3. The van der Waals surface area contributed by atoms with Crippen molar-refractivity contribution in [3.63, 3.8) is 0 Å². The van der Waals surface area contributed by atoms with Crippen LogP contribution in [0.3, 0.4) is 0 Å². The van der Waals surface area contributed by atoms with Crippen LogP contribution in [0.4, 0.5) is 11.4 Å². The molecule has 0 aliphatic rings. The molecule has 0 aromatic heterocycles. The van der Waals surface area contributed by atoms with Crippen molar-refractivity contribution >= 4 is 23.6 Å². The molecular formula is C21H26N4O6. The topological polar surface area (TPSA) is 144 Å². The monoisotopic (exact) mass is 430 g/mol.